The van der Waals surface area contributed by atoms with Crippen molar-refractivity contribution in [3.8, 4) is 5.75 Å². The van der Waals surface area contributed by atoms with Gasteiger partial charge < -0.3 is 20.5 Å². The highest BCUT2D eigenvalue weighted by molar-refractivity contribution is 6.02. The number of amides is 1. The van der Waals surface area contributed by atoms with Crippen molar-refractivity contribution in [1.82, 2.24) is 0 Å². The van der Waals surface area contributed by atoms with E-state index in [2.05, 4.69) is 5.32 Å². The summed E-state index contributed by atoms with van der Waals surface area (Å²) in [5, 5.41) is 2.71. The van der Waals surface area contributed by atoms with Gasteiger partial charge in [-0.15, -0.1) is 0 Å². The summed E-state index contributed by atoms with van der Waals surface area (Å²) in [6.07, 6.45) is -5.27. The van der Waals surface area contributed by atoms with Crippen LogP contribution >= 0.6 is 0 Å². The number of carbonyl (C=O) groups is 2. The van der Waals surface area contributed by atoms with Crippen molar-refractivity contribution in [2.24, 2.45) is 5.73 Å². The third kappa shape index (κ3) is 5.04. The Morgan fingerprint density at radius 2 is 1.91 bits per heavy atom. The van der Waals surface area contributed by atoms with Gasteiger partial charge in [0.25, 0.3) is 5.91 Å². The van der Waals surface area contributed by atoms with Crippen LogP contribution in [0, 0.1) is 0 Å². The minimum absolute atomic E-state index is 0.00443. The molecule has 6 nitrogen and oxygen atoms in total. The number of hydrogen-bond acceptors (Lipinski definition) is 5. The fraction of sp³-hybridized carbons (Fsp3) is 0.391. The number of carbonyl (C=O) groups excluding carboxylic acids is 2. The van der Waals surface area contributed by atoms with Crippen LogP contribution in [0.5, 0.6) is 5.75 Å². The molecule has 1 aliphatic rings. The Kier molecular flexibility index (Phi) is 6.24. The van der Waals surface area contributed by atoms with Gasteiger partial charge in [-0.1, -0.05) is 18.2 Å². The van der Waals surface area contributed by atoms with Gasteiger partial charge in [-0.05, 0) is 57.4 Å². The van der Waals surface area contributed by atoms with E-state index in [1.807, 2.05) is 0 Å². The highest BCUT2D eigenvalue weighted by Gasteiger charge is 2.33. The molecule has 1 heterocycles. The first-order valence-electron chi connectivity index (χ1n) is 10.1. The second kappa shape index (κ2) is 8.46. The van der Waals surface area contributed by atoms with Crippen molar-refractivity contribution in [3.05, 3.63) is 58.1 Å². The summed E-state index contributed by atoms with van der Waals surface area (Å²) in [6.45, 7) is 6.54. The van der Waals surface area contributed by atoms with Crippen molar-refractivity contribution in [2.45, 2.75) is 58.5 Å². The number of fused-ring (bicyclic) bond motifs is 1. The summed E-state index contributed by atoms with van der Waals surface area (Å²) in [4.78, 5) is 25.2. The SMILES string of the molecule is CC1Oc2cc(Cc3cccc(C(F)(F)F)c3)c(C(=O)OC(C)(C)C)c(CN)c2NC1=O. The van der Waals surface area contributed by atoms with Crippen molar-refractivity contribution >= 4 is 17.6 Å². The maximum Gasteiger partial charge on any atom is 0.416 e. The van der Waals surface area contributed by atoms with Gasteiger partial charge in [-0.3, -0.25) is 4.79 Å². The number of rotatable bonds is 4. The van der Waals surface area contributed by atoms with E-state index in [1.165, 1.54) is 6.07 Å². The minimum atomic E-state index is -4.49. The molecule has 0 bridgehead atoms. The van der Waals surface area contributed by atoms with Crippen LogP contribution in [-0.4, -0.2) is 23.6 Å². The number of hydrogen-bond donors (Lipinski definition) is 2. The molecule has 172 valence electrons. The number of halogens is 3. The summed E-state index contributed by atoms with van der Waals surface area (Å²) in [7, 11) is 0. The highest BCUT2D eigenvalue weighted by atomic mass is 19.4. The molecule has 0 saturated heterocycles. The van der Waals surface area contributed by atoms with E-state index in [1.54, 1.807) is 39.8 Å². The van der Waals surface area contributed by atoms with E-state index in [9.17, 15) is 22.8 Å². The average molecular weight is 450 g/mol. The van der Waals surface area contributed by atoms with Crippen LogP contribution in [0.15, 0.2) is 30.3 Å². The lowest BCUT2D eigenvalue weighted by atomic mass is 9.92. The molecule has 1 atom stereocenters. The van der Waals surface area contributed by atoms with Crippen LogP contribution in [-0.2, 0) is 28.7 Å². The number of alkyl halides is 3. The van der Waals surface area contributed by atoms with Gasteiger partial charge in [0.1, 0.15) is 11.4 Å². The molecule has 3 N–H and O–H groups in total. The van der Waals surface area contributed by atoms with Crippen molar-refractivity contribution in [3.63, 3.8) is 0 Å². The van der Waals surface area contributed by atoms with E-state index in [-0.39, 0.29) is 24.2 Å². The van der Waals surface area contributed by atoms with Crippen molar-refractivity contribution in [1.29, 1.82) is 0 Å². The third-order valence-corrected chi connectivity index (χ3v) is 4.85. The Labute approximate surface area is 183 Å². The van der Waals surface area contributed by atoms with Crippen molar-refractivity contribution in [2.75, 3.05) is 5.32 Å². The first-order valence-corrected chi connectivity index (χ1v) is 10.1. The number of ether oxygens (including phenoxy) is 2. The van der Waals surface area contributed by atoms with Gasteiger partial charge in [0, 0.05) is 12.1 Å². The summed E-state index contributed by atoms with van der Waals surface area (Å²) >= 11 is 0. The lowest BCUT2D eigenvalue weighted by Crippen LogP contribution is -2.36. The zero-order valence-corrected chi connectivity index (χ0v) is 18.2. The monoisotopic (exact) mass is 450 g/mol. The maximum absolute atomic E-state index is 13.2. The first kappa shape index (κ1) is 23.6. The molecule has 1 amide bonds. The maximum atomic E-state index is 13.2. The van der Waals surface area contributed by atoms with E-state index in [0.29, 0.717) is 22.4 Å². The van der Waals surface area contributed by atoms with Crippen LogP contribution in [0.3, 0.4) is 0 Å². The van der Waals surface area contributed by atoms with Crippen LogP contribution in [0.2, 0.25) is 0 Å². The van der Waals surface area contributed by atoms with E-state index in [4.69, 9.17) is 15.2 Å². The molecular weight excluding hydrogens is 425 g/mol. The average Bonchev–Trinajstić information content (AvgIpc) is 2.66. The van der Waals surface area contributed by atoms with Crippen molar-refractivity contribution < 1.29 is 32.2 Å². The zero-order valence-electron chi connectivity index (χ0n) is 18.2. The number of anilines is 1. The molecule has 2 aromatic rings. The smallest absolute Gasteiger partial charge is 0.416 e. The summed E-state index contributed by atoms with van der Waals surface area (Å²) in [6, 6.07) is 6.42. The van der Waals surface area contributed by atoms with E-state index < -0.39 is 35.3 Å². The normalized spacial score (nSPS) is 16.1. The van der Waals surface area contributed by atoms with Gasteiger partial charge in [0.15, 0.2) is 6.10 Å². The minimum Gasteiger partial charge on any atom is -0.479 e. The quantitative estimate of drug-likeness (QED) is 0.673. The predicted molar refractivity (Wildman–Crippen MR) is 112 cm³/mol. The summed E-state index contributed by atoms with van der Waals surface area (Å²) < 4.78 is 50.7. The van der Waals surface area contributed by atoms with Gasteiger partial charge in [0.2, 0.25) is 0 Å². The molecular formula is C23H25F3N2O4. The summed E-state index contributed by atoms with van der Waals surface area (Å²) in [5.74, 6) is -0.782. The predicted octanol–water partition coefficient (Wildman–Crippen LogP) is 4.43. The Morgan fingerprint density at radius 1 is 1.22 bits per heavy atom. The molecule has 0 fully saturated rings. The van der Waals surface area contributed by atoms with Crippen LogP contribution in [0.25, 0.3) is 0 Å². The molecule has 32 heavy (non-hydrogen) atoms. The Hall–Kier alpha value is -3.07. The second-order valence-corrected chi connectivity index (χ2v) is 8.59. The fourth-order valence-electron chi connectivity index (χ4n) is 3.47. The largest absolute Gasteiger partial charge is 0.479 e. The molecule has 0 aliphatic carbocycles. The summed E-state index contributed by atoms with van der Waals surface area (Å²) in [5.41, 5.74) is 5.75. The number of nitrogens with one attached hydrogen (secondary N) is 1. The zero-order chi connectivity index (χ0) is 23.8. The van der Waals surface area contributed by atoms with Crippen LogP contribution < -0.4 is 15.8 Å². The van der Waals surface area contributed by atoms with Gasteiger partial charge in [-0.2, -0.15) is 13.2 Å². The standard InChI is InChI=1S/C23H25F3N2O4/c1-12-20(29)28-19-16(11-27)18(21(30)32-22(2,3)4)14(10-17(19)31-12)8-13-6-5-7-15(9-13)23(24,25)26/h5-7,9-10,12H,8,11,27H2,1-4H3,(H,28,29). The Bertz CT molecular complexity index is 1060. The fourth-order valence-corrected chi connectivity index (χ4v) is 3.47. The molecule has 0 aromatic heterocycles. The molecule has 9 heteroatoms. The lowest BCUT2D eigenvalue weighted by Gasteiger charge is -2.29. The molecule has 2 aromatic carbocycles. The lowest BCUT2D eigenvalue weighted by molar-refractivity contribution is -0.137. The number of esters is 1. The molecule has 1 aliphatic heterocycles. The topological polar surface area (TPSA) is 90.7 Å². The van der Waals surface area contributed by atoms with Gasteiger partial charge in [-0.25, -0.2) is 4.79 Å². The Morgan fingerprint density at radius 3 is 2.50 bits per heavy atom. The number of nitrogens with two attached hydrogens (primary N) is 1. The van der Waals surface area contributed by atoms with E-state index >= 15 is 0 Å². The Balaban J connectivity index is 2.16. The highest BCUT2D eigenvalue weighted by Crippen LogP contribution is 2.39. The van der Waals surface area contributed by atoms with Crippen LogP contribution in [0.4, 0.5) is 18.9 Å². The molecule has 3 rings (SSSR count). The molecule has 1 unspecified atom stereocenters. The number of benzene rings is 2. The van der Waals surface area contributed by atoms with Gasteiger partial charge in [0.05, 0.1) is 16.8 Å². The van der Waals surface area contributed by atoms with Crippen LogP contribution in [0.1, 0.15) is 60.3 Å². The molecule has 0 radical (unpaired) electrons. The van der Waals surface area contributed by atoms with Gasteiger partial charge >= 0.3 is 12.1 Å². The molecule has 0 saturated carbocycles. The van der Waals surface area contributed by atoms with E-state index in [0.717, 1.165) is 12.1 Å². The first-order chi connectivity index (χ1) is 14.8. The molecule has 0 spiro atoms. The second-order valence-electron chi connectivity index (χ2n) is 8.59. The third-order valence-electron chi connectivity index (χ3n) is 4.85.